The number of hydrogen-bond acceptors (Lipinski definition) is 6. The molecule has 2 N–H and O–H groups in total. The Kier molecular flexibility index (Phi) is 4.50. The highest BCUT2D eigenvalue weighted by Gasteiger charge is 2.27. The number of carboxylic acids is 1. The molecule has 8 nitrogen and oxygen atoms in total. The summed E-state index contributed by atoms with van der Waals surface area (Å²) in [5.74, 6) is -2.70. The van der Waals surface area contributed by atoms with Crippen LogP contribution in [0.3, 0.4) is 0 Å². The molecule has 0 bridgehead atoms. The zero-order valence-electron chi connectivity index (χ0n) is 9.49. The van der Waals surface area contributed by atoms with E-state index in [9.17, 15) is 28.8 Å². The maximum atomic E-state index is 12.1. The fourth-order valence-corrected chi connectivity index (χ4v) is 1.37. The predicted molar refractivity (Wildman–Crippen MR) is 57.0 cm³/mol. The summed E-state index contributed by atoms with van der Waals surface area (Å²) in [6.07, 6.45) is -2.20. The van der Waals surface area contributed by atoms with Crippen LogP contribution in [0.2, 0.25) is 0 Å². The van der Waals surface area contributed by atoms with Gasteiger partial charge in [0.25, 0.3) is 0 Å². The average molecular weight is 288 g/mol. The number of nitro benzene ring substituents is 1. The van der Waals surface area contributed by atoms with Gasteiger partial charge in [0, 0.05) is 11.6 Å². The second-order valence-corrected chi connectivity index (χ2v) is 3.40. The van der Waals surface area contributed by atoms with Crippen molar-refractivity contribution in [2.45, 2.75) is 12.7 Å². The molecule has 0 heterocycles. The normalized spacial score (nSPS) is 11.8. The van der Waals surface area contributed by atoms with E-state index in [0.717, 1.165) is 0 Å². The Morgan fingerprint density at radius 3 is 2.50 bits per heavy atom. The standard InChI is InChI=1S/C10H6F2N2O6/c11-10(12)20-7-2-5(8(15)9(16)17)4(3-13)1-6(7)14(18)19/h1-2,8,10,15H,(H,16,17). The molecular formula is C10H6F2N2O6. The number of hydrogen-bond donors (Lipinski definition) is 2. The van der Waals surface area contributed by atoms with Crippen LogP contribution in [-0.2, 0) is 4.79 Å². The van der Waals surface area contributed by atoms with Crippen LogP contribution < -0.4 is 4.74 Å². The fraction of sp³-hybridized carbons (Fsp3) is 0.200. The Morgan fingerprint density at radius 2 is 2.10 bits per heavy atom. The molecule has 20 heavy (non-hydrogen) atoms. The number of alkyl halides is 2. The van der Waals surface area contributed by atoms with E-state index in [2.05, 4.69) is 4.74 Å². The van der Waals surface area contributed by atoms with Crippen molar-refractivity contribution >= 4 is 11.7 Å². The van der Waals surface area contributed by atoms with E-state index < -0.39 is 46.2 Å². The lowest BCUT2D eigenvalue weighted by Crippen LogP contribution is -2.13. The number of benzene rings is 1. The minimum absolute atomic E-state index is 0.529. The van der Waals surface area contributed by atoms with Gasteiger partial charge in [-0.1, -0.05) is 0 Å². The van der Waals surface area contributed by atoms with Gasteiger partial charge in [-0.25, -0.2) is 4.79 Å². The van der Waals surface area contributed by atoms with E-state index in [4.69, 9.17) is 10.4 Å². The van der Waals surface area contributed by atoms with Crippen molar-refractivity contribution in [3.05, 3.63) is 33.4 Å². The number of aliphatic carboxylic acids is 1. The van der Waals surface area contributed by atoms with Gasteiger partial charge in [-0.3, -0.25) is 10.1 Å². The van der Waals surface area contributed by atoms with Crippen molar-refractivity contribution < 1.29 is 33.4 Å². The van der Waals surface area contributed by atoms with Crippen molar-refractivity contribution in [3.63, 3.8) is 0 Å². The Hall–Kier alpha value is -2.80. The highest BCUT2D eigenvalue weighted by Crippen LogP contribution is 2.34. The molecule has 10 heteroatoms. The van der Waals surface area contributed by atoms with Crippen molar-refractivity contribution in [1.29, 1.82) is 5.26 Å². The van der Waals surface area contributed by atoms with Crippen LogP contribution in [0.25, 0.3) is 0 Å². The van der Waals surface area contributed by atoms with Crippen LogP contribution in [-0.4, -0.2) is 27.7 Å². The molecular weight excluding hydrogens is 282 g/mol. The molecule has 0 fully saturated rings. The molecule has 1 aromatic carbocycles. The maximum absolute atomic E-state index is 12.1. The van der Waals surface area contributed by atoms with Gasteiger partial charge < -0.3 is 14.9 Å². The molecule has 0 radical (unpaired) electrons. The molecule has 0 aliphatic carbocycles. The van der Waals surface area contributed by atoms with Crippen molar-refractivity contribution in [1.82, 2.24) is 0 Å². The van der Waals surface area contributed by atoms with E-state index in [0.29, 0.717) is 12.1 Å². The summed E-state index contributed by atoms with van der Waals surface area (Å²) < 4.78 is 28.2. The molecule has 0 amide bonds. The highest BCUT2D eigenvalue weighted by atomic mass is 19.3. The Morgan fingerprint density at radius 1 is 1.50 bits per heavy atom. The number of nitrogens with zero attached hydrogens (tertiary/aromatic N) is 2. The first-order valence-corrected chi connectivity index (χ1v) is 4.86. The first-order chi connectivity index (χ1) is 9.27. The molecule has 0 saturated carbocycles. The van der Waals surface area contributed by atoms with Gasteiger partial charge in [0.2, 0.25) is 5.75 Å². The minimum Gasteiger partial charge on any atom is -0.479 e. The van der Waals surface area contributed by atoms with Gasteiger partial charge in [-0.05, 0) is 6.07 Å². The molecule has 1 atom stereocenters. The van der Waals surface area contributed by atoms with Gasteiger partial charge >= 0.3 is 18.3 Å². The summed E-state index contributed by atoms with van der Waals surface area (Å²) >= 11 is 0. The van der Waals surface area contributed by atoms with Crippen LogP contribution in [0, 0.1) is 21.4 Å². The number of nitriles is 1. The molecule has 0 aliphatic heterocycles. The zero-order valence-corrected chi connectivity index (χ0v) is 9.49. The molecule has 0 aliphatic rings. The molecule has 1 aromatic rings. The van der Waals surface area contributed by atoms with E-state index in [1.807, 2.05) is 0 Å². The van der Waals surface area contributed by atoms with E-state index in [-0.39, 0.29) is 0 Å². The van der Waals surface area contributed by atoms with Gasteiger partial charge in [-0.2, -0.15) is 14.0 Å². The molecule has 1 rings (SSSR count). The summed E-state index contributed by atoms with van der Waals surface area (Å²) in [5, 5.41) is 37.4. The van der Waals surface area contributed by atoms with Crippen LogP contribution in [0.15, 0.2) is 12.1 Å². The van der Waals surface area contributed by atoms with Gasteiger partial charge in [-0.15, -0.1) is 0 Å². The second-order valence-electron chi connectivity index (χ2n) is 3.40. The number of aliphatic hydroxyl groups is 1. The second kappa shape index (κ2) is 5.89. The third kappa shape index (κ3) is 3.15. The highest BCUT2D eigenvalue weighted by molar-refractivity contribution is 5.76. The predicted octanol–water partition coefficient (Wildman–Crippen LogP) is 1.19. The monoisotopic (exact) mass is 288 g/mol. The summed E-state index contributed by atoms with van der Waals surface area (Å²) in [6, 6.07) is 2.52. The number of carbonyl (C=O) groups is 1. The van der Waals surface area contributed by atoms with Crippen molar-refractivity contribution in [3.8, 4) is 11.8 Å². The lowest BCUT2D eigenvalue weighted by Gasteiger charge is -2.11. The Labute approximate surface area is 109 Å². The van der Waals surface area contributed by atoms with Crippen molar-refractivity contribution in [2.75, 3.05) is 0 Å². The zero-order chi connectivity index (χ0) is 15.4. The number of aliphatic hydroxyl groups excluding tert-OH is 1. The Balaban J connectivity index is 3.50. The first kappa shape index (κ1) is 15.3. The fourth-order valence-electron chi connectivity index (χ4n) is 1.37. The molecule has 1 unspecified atom stereocenters. The van der Waals surface area contributed by atoms with Crippen LogP contribution in [0.1, 0.15) is 17.2 Å². The van der Waals surface area contributed by atoms with E-state index in [1.54, 1.807) is 0 Å². The quantitative estimate of drug-likeness (QED) is 0.613. The SMILES string of the molecule is N#Cc1cc([N+](=O)[O-])c(OC(F)F)cc1C(O)C(=O)O. The maximum Gasteiger partial charge on any atom is 0.387 e. The van der Waals surface area contributed by atoms with Crippen LogP contribution in [0.5, 0.6) is 5.75 Å². The number of ether oxygens (including phenoxy) is 1. The molecule has 106 valence electrons. The average Bonchev–Trinajstić information content (AvgIpc) is 2.36. The summed E-state index contributed by atoms with van der Waals surface area (Å²) in [4.78, 5) is 20.2. The number of rotatable bonds is 5. The largest absolute Gasteiger partial charge is 0.479 e. The lowest BCUT2D eigenvalue weighted by molar-refractivity contribution is -0.386. The Bertz CT molecular complexity index is 598. The molecule has 0 spiro atoms. The van der Waals surface area contributed by atoms with E-state index in [1.165, 1.54) is 6.07 Å². The summed E-state index contributed by atoms with van der Waals surface area (Å²) in [5.41, 5.74) is -2.06. The van der Waals surface area contributed by atoms with Gasteiger partial charge in [0.05, 0.1) is 16.6 Å². The summed E-state index contributed by atoms with van der Waals surface area (Å²) in [7, 11) is 0. The first-order valence-electron chi connectivity index (χ1n) is 4.86. The number of carboxylic acid groups (broad SMARTS) is 1. The topological polar surface area (TPSA) is 134 Å². The third-order valence-corrected chi connectivity index (χ3v) is 2.19. The number of nitro groups is 1. The lowest BCUT2D eigenvalue weighted by atomic mass is 10.0. The molecule has 0 aromatic heterocycles. The molecule has 0 saturated heterocycles. The van der Waals surface area contributed by atoms with Crippen molar-refractivity contribution in [2.24, 2.45) is 0 Å². The third-order valence-electron chi connectivity index (χ3n) is 2.19. The van der Waals surface area contributed by atoms with E-state index >= 15 is 0 Å². The smallest absolute Gasteiger partial charge is 0.387 e. The van der Waals surface area contributed by atoms with Crippen LogP contribution in [0.4, 0.5) is 14.5 Å². The number of halogens is 2. The van der Waals surface area contributed by atoms with Gasteiger partial charge in [0.15, 0.2) is 6.10 Å². The van der Waals surface area contributed by atoms with Crippen LogP contribution >= 0.6 is 0 Å². The van der Waals surface area contributed by atoms with Gasteiger partial charge in [0.1, 0.15) is 0 Å². The minimum atomic E-state index is -3.39. The summed E-state index contributed by atoms with van der Waals surface area (Å²) in [6.45, 7) is -3.39.